The summed E-state index contributed by atoms with van der Waals surface area (Å²) in [7, 11) is 1.94. The maximum Gasteiger partial charge on any atom is 0.216 e. The SMILES string of the molecule is C=C1C(Cl)=CC=C2C1C(C)(C)C(C(=O)c1ccc(C(Cl)(Cl)Cl)cc1)N2C. The van der Waals surface area contributed by atoms with Crippen molar-refractivity contribution < 1.29 is 4.79 Å². The van der Waals surface area contributed by atoms with Crippen LogP contribution in [0.1, 0.15) is 29.8 Å². The van der Waals surface area contributed by atoms with E-state index in [1.54, 1.807) is 24.3 Å². The van der Waals surface area contributed by atoms with Crippen molar-refractivity contribution in [2.45, 2.75) is 23.7 Å². The van der Waals surface area contributed by atoms with Gasteiger partial charge < -0.3 is 4.90 Å². The quantitative estimate of drug-likeness (QED) is 0.409. The molecule has 0 bridgehead atoms. The number of halogens is 4. The maximum absolute atomic E-state index is 13.3. The lowest BCUT2D eigenvalue weighted by atomic mass is 9.70. The van der Waals surface area contributed by atoms with Gasteiger partial charge in [0.2, 0.25) is 3.79 Å². The summed E-state index contributed by atoms with van der Waals surface area (Å²) in [5, 5.41) is 0.639. The zero-order valence-electron chi connectivity index (χ0n) is 14.7. The molecule has 2 unspecified atom stereocenters. The number of benzene rings is 1. The summed E-state index contributed by atoms with van der Waals surface area (Å²) in [6, 6.07) is 6.42. The van der Waals surface area contributed by atoms with Crippen LogP contribution < -0.4 is 0 Å². The maximum atomic E-state index is 13.3. The van der Waals surface area contributed by atoms with Crippen molar-refractivity contribution >= 4 is 52.2 Å². The molecule has 0 amide bonds. The third kappa shape index (κ3) is 3.11. The van der Waals surface area contributed by atoms with Crippen molar-refractivity contribution in [1.29, 1.82) is 0 Å². The Morgan fingerprint density at radius 2 is 1.73 bits per heavy atom. The zero-order chi connectivity index (χ0) is 19.4. The van der Waals surface area contributed by atoms with Gasteiger partial charge in [0, 0.05) is 40.2 Å². The van der Waals surface area contributed by atoms with Gasteiger partial charge in [0.25, 0.3) is 0 Å². The highest BCUT2D eigenvalue weighted by molar-refractivity contribution is 6.66. The van der Waals surface area contributed by atoms with Gasteiger partial charge >= 0.3 is 0 Å². The number of fused-ring (bicyclic) bond motifs is 1. The first-order valence-electron chi connectivity index (χ1n) is 8.17. The number of rotatable bonds is 2. The molecule has 1 aromatic rings. The lowest BCUT2D eigenvalue weighted by molar-refractivity contribution is 0.0799. The number of nitrogens with zero attached hydrogens (tertiary/aromatic N) is 1. The van der Waals surface area contributed by atoms with E-state index in [0.717, 1.165) is 11.3 Å². The lowest BCUT2D eigenvalue weighted by Crippen LogP contribution is -2.42. The number of hydrogen-bond donors (Lipinski definition) is 0. The average Bonchev–Trinajstić information content (AvgIpc) is 2.76. The molecule has 26 heavy (non-hydrogen) atoms. The third-order valence-electron chi connectivity index (χ3n) is 5.34. The zero-order valence-corrected chi connectivity index (χ0v) is 17.7. The minimum Gasteiger partial charge on any atom is -0.366 e. The van der Waals surface area contributed by atoms with Crippen LogP contribution in [0.3, 0.4) is 0 Å². The van der Waals surface area contributed by atoms with Crippen LogP contribution in [0.5, 0.6) is 0 Å². The smallest absolute Gasteiger partial charge is 0.216 e. The van der Waals surface area contributed by atoms with Gasteiger partial charge in [-0.2, -0.15) is 0 Å². The fourth-order valence-electron chi connectivity index (χ4n) is 4.13. The molecule has 1 fully saturated rings. The first-order valence-corrected chi connectivity index (χ1v) is 9.68. The molecule has 1 heterocycles. The molecule has 3 rings (SSSR count). The molecule has 1 aliphatic heterocycles. The van der Waals surface area contributed by atoms with Crippen molar-refractivity contribution in [3.8, 4) is 0 Å². The van der Waals surface area contributed by atoms with Gasteiger partial charge in [-0.3, -0.25) is 4.79 Å². The number of Topliss-reactive ketones (excluding diaryl/α,β-unsaturated/α-hetero) is 1. The van der Waals surface area contributed by atoms with E-state index in [1.807, 2.05) is 24.1 Å². The molecule has 6 heteroatoms. The van der Waals surface area contributed by atoms with Crippen LogP contribution in [0.4, 0.5) is 0 Å². The predicted molar refractivity (Wildman–Crippen MR) is 110 cm³/mol. The van der Waals surface area contributed by atoms with Gasteiger partial charge in [0.05, 0.1) is 6.04 Å². The molecular formula is C20H19Cl4NO. The number of carbonyl (C=O) groups is 1. The summed E-state index contributed by atoms with van der Waals surface area (Å²) in [5.41, 5.74) is 2.65. The monoisotopic (exact) mass is 429 g/mol. The molecule has 2 nitrogen and oxygen atoms in total. The van der Waals surface area contributed by atoms with Crippen LogP contribution in [0.2, 0.25) is 0 Å². The van der Waals surface area contributed by atoms with Gasteiger partial charge in [-0.25, -0.2) is 0 Å². The average molecular weight is 431 g/mol. The number of ketones is 1. The van der Waals surface area contributed by atoms with Crippen LogP contribution in [-0.2, 0) is 3.79 Å². The number of alkyl halides is 3. The normalized spacial score (nSPS) is 24.9. The van der Waals surface area contributed by atoms with E-state index in [4.69, 9.17) is 46.4 Å². The summed E-state index contributed by atoms with van der Waals surface area (Å²) in [6.45, 7) is 8.30. The van der Waals surface area contributed by atoms with Crippen molar-refractivity contribution in [3.63, 3.8) is 0 Å². The van der Waals surface area contributed by atoms with Crippen LogP contribution >= 0.6 is 46.4 Å². The molecular weight excluding hydrogens is 412 g/mol. The highest BCUT2D eigenvalue weighted by Crippen LogP contribution is 2.54. The highest BCUT2D eigenvalue weighted by atomic mass is 35.6. The van der Waals surface area contributed by atoms with E-state index in [9.17, 15) is 4.79 Å². The number of likely N-dealkylation sites (tertiary alicyclic amines) is 1. The Hall–Kier alpha value is -0.930. The Morgan fingerprint density at radius 1 is 1.15 bits per heavy atom. The second-order valence-electron chi connectivity index (χ2n) is 7.34. The Balaban J connectivity index is 1.97. The van der Waals surface area contributed by atoms with Crippen LogP contribution in [0, 0.1) is 11.3 Å². The second-order valence-corrected chi connectivity index (χ2v) is 10.0. The fourth-order valence-corrected chi connectivity index (χ4v) is 4.68. The van der Waals surface area contributed by atoms with E-state index in [2.05, 4.69) is 20.4 Å². The summed E-state index contributed by atoms with van der Waals surface area (Å²) in [6.07, 6.45) is 3.81. The lowest BCUT2D eigenvalue weighted by Gasteiger charge is -2.33. The largest absolute Gasteiger partial charge is 0.366 e. The Bertz CT molecular complexity index is 830. The van der Waals surface area contributed by atoms with E-state index in [-0.39, 0.29) is 23.2 Å². The molecule has 0 radical (unpaired) electrons. The Kier molecular flexibility index (Phi) is 5.03. The number of likely N-dealkylation sites (N-methyl/N-ethyl adjacent to an activating group) is 1. The van der Waals surface area contributed by atoms with Crippen molar-refractivity contribution in [2.24, 2.45) is 11.3 Å². The molecule has 1 saturated heterocycles. The first kappa shape index (κ1) is 19.8. The van der Waals surface area contributed by atoms with E-state index >= 15 is 0 Å². The molecule has 0 aromatic heterocycles. The second kappa shape index (κ2) is 6.60. The minimum atomic E-state index is -1.51. The van der Waals surface area contributed by atoms with Crippen LogP contribution in [0.15, 0.2) is 59.3 Å². The molecule has 138 valence electrons. The Labute approximate surface area is 174 Å². The molecule has 1 aromatic carbocycles. The molecule has 2 atom stereocenters. The molecule has 0 N–H and O–H groups in total. The van der Waals surface area contributed by atoms with E-state index in [0.29, 0.717) is 16.2 Å². The summed E-state index contributed by atoms with van der Waals surface area (Å²) in [4.78, 5) is 15.3. The van der Waals surface area contributed by atoms with Gasteiger partial charge in [0.1, 0.15) is 0 Å². The fraction of sp³-hybridized carbons (Fsp3) is 0.350. The molecule has 1 aliphatic carbocycles. The topological polar surface area (TPSA) is 20.3 Å². The summed E-state index contributed by atoms with van der Waals surface area (Å²) >= 11 is 24.0. The van der Waals surface area contributed by atoms with Gasteiger partial charge in [-0.05, 0) is 17.7 Å². The van der Waals surface area contributed by atoms with Gasteiger partial charge in [-0.1, -0.05) is 91.1 Å². The predicted octanol–water partition coefficient (Wildman–Crippen LogP) is 6.23. The number of carbonyl (C=O) groups excluding carboxylic acids is 1. The Morgan fingerprint density at radius 3 is 2.27 bits per heavy atom. The van der Waals surface area contributed by atoms with E-state index in [1.165, 1.54) is 0 Å². The molecule has 2 aliphatic rings. The molecule has 0 spiro atoms. The standard InChI is InChI=1S/C20H19Cl4NO/c1-11-14(21)9-10-15-16(11)19(2,3)18(25(15)4)17(26)12-5-7-13(8-6-12)20(22,23)24/h5-10,16,18H,1H2,2-4H3. The highest BCUT2D eigenvalue weighted by Gasteiger charge is 2.54. The van der Waals surface area contributed by atoms with Crippen LogP contribution in [0.25, 0.3) is 0 Å². The third-order valence-corrected chi connectivity index (χ3v) is 6.36. The van der Waals surface area contributed by atoms with Crippen molar-refractivity contribution in [3.05, 3.63) is 70.4 Å². The minimum absolute atomic E-state index is 0.000557. The number of allylic oxidation sites excluding steroid dienone is 4. The number of hydrogen-bond acceptors (Lipinski definition) is 2. The van der Waals surface area contributed by atoms with Gasteiger partial charge in [0.15, 0.2) is 5.78 Å². The van der Waals surface area contributed by atoms with Gasteiger partial charge in [-0.15, -0.1) is 0 Å². The van der Waals surface area contributed by atoms with E-state index < -0.39 is 3.79 Å². The summed E-state index contributed by atoms with van der Waals surface area (Å²) < 4.78 is -1.51. The van der Waals surface area contributed by atoms with Crippen LogP contribution in [-0.4, -0.2) is 23.8 Å². The molecule has 0 saturated carbocycles. The van der Waals surface area contributed by atoms with Crippen molar-refractivity contribution in [2.75, 3.05) is 7.05 Å². The van der Waals surface area contributed by atoms with Crippen molar-refractivity contribution in [1.82, 2.24) is 4.90 Å². The summed E-state index contributed by atoms with van der Waals surface area (Å²) in [5.74, 6) is 0.0204. The first-order chi connectivity index (χ1) is 12.0.